The molecule has 6 heteroatoms. The number of para-hydroxylation sites is 3. The SMILES string of the molecule is O=C1CCC(CCCC2C(Oc3ccccc3)=C(Oc3ccccc3)c3c(Oc4ccccc4)cccc32)C(=O)O1. The number of hydrogen-bond donors (Lipinski definition) is 0. The van der Waals surface area contributed by atoms with Crippen LogP contribution in [0.3, 0.4) is 0 Å². The fourth-order valence-corrected chi connectivity index (χ4v) is 5.42. The first kappa shape index (κ1) is 26.4. The van der Waals surface area contributed by atoms with Crippen LogP contribution in [0.25, 0.3) is 5.76 Å². The van der Waals surface area contributed by atoms with Gasteiger partial charge in [-0.25, -0.2) is 0 Å². The molecular weight excluding hydrogens is 516 g/mol. The van der Waals surface area contributed by atoms with Crippen LogP contribution in [0.15, 0.2) is 115 Å². The molecule has 6 rings (SSSR count). The first-order valence-electron chi connectivity index (χ1n) is 14.0. The number of benzene rings is 4. The molecule has 2 aliphatic rings. The molecule has 2 atom stereocenters. The van der Waals surface area contributed by atoms with Gasteiger partial charge in [-0.05, 0) is 67.3 Å². The largest absolute Gasteiger partial charge is 0.457 e. The van der Waals surface area contributed by atoms with Crippen molar-refractivity contribution in [2.24, 2.45) is 5.92 Å². The molecule has 0 radical (unpaired) electrons. The Hall–Kier alpha value is -4.84. The summed E-state index contributed by atoms with van der Waals surface area (Å²) in [5.74, 6) is 2.82. The van der Waals surface area contributed by atoms with Gasteiger partial charge in [0, 0.05) is 12.3 Å². The van der Waals surface area contributed by atoms with Crippen LogP contribution < -0.4 is 14.2 Å². The van der Waals surface area contributed by atoms with Crippen LogP contribution in [0.4, 0.5) is 0 Å². The zero-order valence-corrected chi connectivity index (χ0v) is 22.5. The number of rotatable bonds is 10. The zero-order chi connectivity index (χ0) is 28.0. The van der Waals surface area contributed by atoms with E-state index in [9.17, 15) is 9.59 Å². The Labute approximate surface area is 239 Å². The second-order valence-corrected chi connectivity index (χ2v) is 10.2. The monoisotopic (exact) mass is 546 g/mol. The number of carbonyl (C=O) groups excluding carboxylic acids is 2. The summed E-state index contributed by atoms with van der Waals surface area (Å²) in [5, 5.41) is 0. The van der Waals surface area contributed by atoms with Gasteiger partial charge >= 0.3 is 11.9 Å². The highest BCUT2D eigenvalue weighted by molar-refractivity contribution is 5.89. The Morgan fingerprint density at radius 3 is 1.90 bits per heavy atom. The lowest BCUT2D eigenvalue weighted by molar-refractivity contribution is -0.167. The molecule has 1 saturated heterocycles. The predicted octanol–water partition coefficient (Wildman–Crippen LogP) is 8.05. The normalized spacial score (nSPS) is 18.0. The quantitative estimate of drug-likeness (QED) is 0.148. The van der Waals surface area contributed by atoms with Crippen LogP contribution in [-0.4, -0.2) is 11.9 Å². The van der Waals surface area contributed by atoms with Crippen LogP contribution >= 0.6 is 0 Å². The van der Waals surface area contributed by atoms with E-state index in [1.807, 2.05) is 103 Å². The standard InChI is InChI=1S/C35H30O6/c36-31-23-22-24(35(37)41-31)12-10-20-29-28-19-11-21-30(38-25-13-4-1-5-14-25)32(28)34(40-27-17-8-3-9-18-27)33(29)39-26-15-6-2-7-16-26/h1-9,11,13-19,21,24,29H,10,12,20,22-23H2. The van der Waals surface area contributed by atoms with Crippen LogP contribution in [0.1, 0.15) is 49.1 Å². The van der Waals surface area contributed by atoms with Crippen molar-refractivity contribution in [2.75, 3.05) is 0 Å². The Morgan fingerprint density at radius 2 is 1.27 bits per heavy atom. The number of allylic oxidation sites excluding steroid dienone is 1. The minimum atomic E-state index is -0.439. The summed E-state index contributed by atoms with van der Waals surface area (Å²) in [4.78, 5) is 23.8. The van der Waals surface area contributed by atoms with E-state index in [1.54, 1.807) is 0 Å². The summed E-state index contributed by atoms with van der Waals surface area (Å²) in [6.07, 6.45) is 2.89. The molecule has 0 spiro atoms. The highest BCUT2D eigenvalue weighted by atomic mass is 16.6. The number of carbonyl (C=O) groups is 2. The molecule has 0 N–H and O–H groups in total. The Balaban J connectivity index is 1.38. The topological polar surface area (TPSA) is 71.1 Å². The average Bonchev–Trinajstić information content (AvgIpc) is 3.28. The van der Waals surface area contributed by atoms with Crippen molar-refractivity contribution in [3.8, 4) is 23.0 Å². The van der Waals surface area contributed by atoms with Crippen molar-refractivity contribution in [3.05, 3.63) is 126 Å². The van der Waals surface area contributed by atoms with E-state index < -0.39 is 11.9 Å². The molecule has 1 aliphatic heterocycles. The number of esters is 2. The third kappa shape index (κ3) is 6.02. The molecule has 4 aromatic rings. The molecule has 41 heavy (non-hydrogen) atoms. The van der Waals surface area contributed by atoms with Crippen molar-refractivity contribution >= 4 is 17.7 Å². The van der Waals surface area contributed by atoms with Crippen molar-refractivity contribution in [2.45, 2.75) is 38.0 Å². The van der Waals surface area contributed by atoms with E-state index in [4.69, 9.17) is 18.9 Å². The summed E-state index contributed by atoms with van der Waals surface area (Å²) in [6.45, 7) is 0. The van der Waals surface area contributed by atoms with E-state index in [1.165, 1.54) is 0 Å². The van der Waals surface area contributed by atoms with Gasteiger partial charge in [-0.3, -0.25) is 9.59 Å². The lowest BCUT2D eigenvalue weighted by atomic mass is 9.89. The van der Waals surface area contributed by atoms with Crippen LogP contribution in [-0.2, 0) is 14.3 Å². The predicted molar refractivity (Wildman–Crippen MR) is 154 cm³/mol. The maximum atomic E-state index is 12.3. The Bertz CT molecular complexity index is 1550. The zero-order valence-electron chi connectivity index (χ0n) is 22.5. The third-order valence-electron chi connectivity index (χ3n) is 7.40. The molecule has 0 bridgehead atoms. The molecule has 0 aromatic heterocycles. The van der Waals surface area contributed by atoms with Crippen LogP contribution in [0.2, 0.25) is 0 Å². The van der Waals surface area contributed by atoms with E-state index in [0.717, 1.165) is 23.3 Å². The number of cyclic esters (lactones) is 2. The van der Waals surface area contributed by atoms with E-state index >= 15 is 0 Å². The van der Waals surface area contributed by atoms with Crippen molar-refractivity contribution in [1.82, 2.24) is 0 Å². The summed E-state index contributed by atoms with van der Waals surface area (Å²) >= 11 is 0. The Kier molecular flexibility index (Phi) is 7.81. The number of hydrogen-bond acceptors (Lipinski definition) is 6. The molecule has 1 fully saturated rings. The van der Waals surface area contributed by atoms with Gasteiger partial charge in [-0.1, -0.05) is 73.2 Å². The second-order valence-electron chi connectivity index (χ2n) is 10.2. The Morgan fingerprint density at radius 1 is 0.659 bits per heavy atom. The first-order chi connectivity index (χ1) is 20.2. The van der Waals surface area contributed by atoms with Gasteiger partial charge in [0.05, 0.1) is 11.5 Å². The average molecular weight is 547 g/mol. The van der Waals surface area contributed by atoms with E-state index in [0.29, 0.717) is 48.0 Å². The third-order valence-corrected chi connectivity index (χ3v) is 7.40. The summed E-state index contributed by atoms with van der Waals surface area (Å²) in [6, 6.07) is 35.0. The van der Waals surface area contributed by atoms with Gasteiger partial charge in [-0.2, -0.15) is 0 Å². The first-order valence-corrected chi connectivity index (χ1v) is 14.0. The fraction of sp³-hybridized carbons (Fsp3) is 0.200. The van der Waals surface area contributed by atoms with Gasteiger partial charge < -0.3 is 18.9 Å². The molecule has 0 saturated carbocycles. The van der Waals surface area contributed by atoms with Gasteiger partial charge in [0.2, 0.25) is 0 Å². The molecule has 2 unspecified atom stereocenters. The lowest BCUT2D eigenvalue weighted by Crippen LogP contribution is -2.27. The molecule has 1 aliphatic carbocycles. The number of ether oxygens (including phenoxy) is 4. The summed E-state index contributed by atoms with van der Waals surface area (Å²) in [7, 11) is 0. The van der Waals surface area contributed by atoms with Gasteiger partial charge in [0.1, 0.15) is 23.0 Å². The molecule has 4 aromatic carbocycles. The van der Waals surface area contributed by atoms with Crippen molar-refractivity contribution < 1.29 is 28.5 Å². The highest BCUT2D eigenvalue weighted by Gasteiger charge is 2.38. The van der Waals surface area contributed by atoms with Crippen molar-refractivity contribution in [3.63, 3.8) is 0 Å². The minimum Gasteiger partial charge on any atom is -0.457 e. The molecule has 1 heterocycles. The van der Waals surface area contributed by atoms with Crippen molar-refractivity contribution in [1.29, 1.82) is 0 Å². The van der Waals surface area contributed by atoms with Crippen LogP contribution in [0.5, 0.6) is 23.0 Å². The maximum Gasteiger partial charge on any atom is 0.316 e. The molecule has 206 valence electrons. The lowest BCUT2D eigenvalue weighted by Gasteiger charge is -2.21. The van der Waals surface area contributed by atoms with Gasteiger partial charge in [0.25, 0.3) is 0 Å². The number of fused-ring (bicyclic) bond motifs is 1. The molecule has 0 amide bonds. The smallest absolute Gasteiger partial charge is 0.316 e. The summed E-state index contributed by atoms with van der Waals surface area (Å²) < 4.78 is 24.5. The summed E-state index contributed by atoms with van der Waals surface area (Å²) in [5.41, 5.74) is 1.88. The van der Waals surface area contributed by atoms with Gasteiger partial charge in [-0.15, -0.1) is 0 Å². The maximum absolute atomic E-state index is 12.3. The van der Waals surface area contributed by atoms with E-state index in [2.05, 4.69) is 6.07 Å². The minimum absolute atomic E-state index is 0.135. The van der Waals surface area contributed by atoms with E-state index in [-0.39, 0.29) is 18.3 Å². The highest BCUT2D eigenvalue weighted by Crippen LogP contribution is 2.50. The molecule has 6 nitrogen and oxygen atoms in total. The second kappa shape index (κ2) is 12.1. The molecular formula is C35H30O6. The van der Waals surface area contributed by atoms with Crippen LogP contribution in [0, 0.1) is 5.92 Å². The van der Waals surface area contributed by atoms with Gasteiger partial charge in [0.15, 0.2) is 11.5 Å². The fourth-order valence-electron chi connectivity index (χ4n) is 5.42.